The number of aryl methyl sites for hydroxylation is 2. The van der Waals surface area contributed by atoms with Crippen molar-refractivity contribution in [2.24, 2.45) is 0 Å². The van der Waals surface area contributed by atoms with Gasteiger partial charge in [-0.15, -0.1) is 40.6 Å². The summed E-state index contributed by atoms with van der Waals surface area (Å²) in [6, 6.07) is 10.8. The van der Waals surface area contributed by atoms with Gasteiger partial charge >= 0.3 is 18.9 Å². The van der Waals surface area contributed by atoms with Crippen LogP contribution in [0.25, 0.3) is 10.8 Å². The molecular weight excluding hydrogens is 139 g/mol. The van der Waals surface area contributed by atoms with Gasteiger partial charge in [-0.25, -0.2) is 0 Å². The summed E-state index contributed by atoms with van der Waals surface area (Å²) >= 11 is 0. The molecule has 0 saturated carbocycles. The van der Waals surface area contributed by atoms with Gasteiger partial charge in [-0.3, -0.25) is 0 Å². The molecule has 0 aliphatic carbocycles. The van der Waals surface area contributed by atoms with E-state index in [0.29, 0.717) is 0 Å². The Kier molecular flexibility index (Phi) is 2.72. The summed E-state index contributed by atoms with van der Waals surface area (Å²) in [6.07, 6.45) is 0. The van der Waals surface area contributed by atoms with Crippen LogP contribution >= 0.6 is 0 Å². The van der Waals surface area contributed by atoms with Crippen LogP contribution in [0, 0.1) is 13.8 Å². The van der Waals surface area contributed by atoms with E-state index in [1.807, 2.05) is 0 Å². The van der Waals surface area contributed by atoms with E-state index in [-0.39, 0.29) is 18.9 Å². The summed E-state index contributed by atoms with van der Waals surface area (Å²) in [7, 11) is 0. The number of benzene rings is 1. The molecule has 1 heteroatoms. The van der Waals surface area contributed by atoms with E-state index in [0.717, 1.165) is 0 Å². The number of fused-ring (bicyclic) bond motifs is 1. The molecule has 0 fully saturated rings. The molecule has 0 aliphatic heterocycles. The number of hydrogen-bond donors (Lipinski definition) is 0. The van der Waals surface area contributed by atoms with Gasteiger partial charge in [0.2, 0.25) is 0 Å². The monoisotopic (exact) mass is 150 g/mol. The van der Waals surface area contributed by atoms with Gasteiger partial charge in [0.05, 0.1) is 0 Å². The number of hydrogen-bond acceptors (Lipinski definition) is 0. The van der Waals surface area contributed by atoms with Crippen molar-refractivity contribution >= 4 is 10.8 Å². The first-order chi connectivity index (χ1) is 5.29. The Morgan fingerprint density at radius 1 is 1.17 bits per heavy atom. The fourth-order valence-electron chi connectivity index (χ4n) is 1.65. The second-order valence-corrected chi connectivity index (χ2v) is 3.06. The molecule has 0 radical (unpaired) electrons. The van der Waals surface area contributed by atoms with Gasteiger partial charge < -0.3 is 0 Å². The molecule has 0 heterocycles. The zero-order valence-corrected chi connectivity index (χ0v) is 7.89. The van der Waals surface area contributed by atoms with Gasteiger partial charge in [0, 0.05) is 0 Å². The maximum atomic E-state index is 2.24. The van der Waals surface area contributed by atoms with E-state index in [1.54, 1.807) is 0 Å². The van der Waals surface area contributed by atoms with E-state index >= 15 is 0 Å². The van der Waals surface area contributed by atoms with E-state index in [4.69, 9.17) is 0 Å². The first-order valence-corrected chi connectivity index (χ1v) is 3.90. The zero-order chi connectivity index (χ0) is 7.84. The van der Waals surface area contributed by atoms with Crippen molar-refractivity contribution in [3.8, 4) is 0 Å². The standard InChI is InChI=1S/C11H11.Li/c1-8-7-9(2)11-6-4-3-5-10(8)11;/h3-7H,1-2H3;/q-1;+1. The summed E-state index contributed by atoms with van der Waals surface area (Å²) in [5.74, 6) is 0. The second kappa shape index (κ2) is 3.43. The van der Waals surface area contributed by atoms with E-state index in [2.05, 4.69) is 44.2 Å². The summed E-state index contributed by atoms with van der Waals surface area (Å²) in [6.45, 7) is 4.32. The molecule has 0 aliphatic rings. The Bertz CT molecular complexity index is 349. The largest absolute Gasteiger partial charge is 1.00 e. The summed E-state index contributed by atoms with van der Waals surface area (Å²) in [5.41, 5.74) is 2.77. The smallest absolute Gasteiger partial charge is 0.156 e. The van der Waals surface area contributed by atoms with Crippen LogP contribution in [0.3, 0.4) is 0 Å². The molecule has 2 rings (SSSR count). The summed E-state index contributed by atoms with van der Waals surface area (Å²) in [5, 5.41) is 2.79. The Hall–Kier alpha value is -0.573. The fourth-order valence-corrected chi connectivity index (χ4v) is 1.65. The van der Waals surface area contributed by atoms with Crippen molar-refractivity contribution in [3.63, 3.8) is 0 Å². The average Bonchev–Trinajstić information content (AvgIpc) is 2.30. The van der Waals surface area contributed by atoms with E-state index in [1.165, 1.54) is 21.9 Å². The quantitative estimate of drug-likeness (QED) is 0.371. The van der Waals surface area contributed by atoms with Gasteiger partial charge in [0.25, 0.3) is 0 Å². The topological polar surface area (TPSA) is 0 Å². The average molecular weight is 150 g/mol. The van der Waals surface area contributed by atoms with E-state index < -0.39 is 0 Å². The molecule has 0 amide bonds. The third-order valence-electron chi connectivity index (χ3n) is 2.21. The van der Waals surface area contributed by atoms with Crippen LogP contribution in [0.5, 0.6) is 0 Å². The molecular formula is C11H11Li. The molecule has 0 unspecified atom stereocenters. The maximum absolute atomic E-state index is 2.24. The van der Waals surface area contributed by atoms with Crippen LogP contribution < -0.4 is 18.9 Å². The summed E-state index contributed by atoms with van der Waals surface area (Å²) in [4.78, 5) is 0. The number of rotatable bonds is 0. The maximum Gasteiger partial charge on any atom is 1.00 e. The first-order valence-electron chi connectivity index (χ1n) is 3.90. The molecule has 0 atom stereocenters. The second-order valence-electron chi connectivity index (χ2n) is 3.06. The molecule has 2 aromatic rings. The predicted octanol–water partition coefficient (Wildman–Crippen LogP) is 0.180. The molecule has 12 heavy (non-hydrogen) atoms. The van der Waals surface area contributed by atoms with Crippen molar-refractivity contribution in [1.82, 2.24) is 0 Å². The molecule has 0 bridgehead atoms. The van der Waals surface area contributed by atoms with Crippen LogP contribution in [0.2, 0.25) is 0 Å². The van der Waals surface area contributed by atoms with Gasteiger partial charge in [-0.2, -0.15) is 5.56 Å². The molecule has 56 valence electrons. The minimum absolute atomic E-state index is 0. The zero-order valence-electron chi connectivity index (χ0n) is 7.89. The van der Waals surface area contributed by atoms with Crippen molar-refractivity contribution in [3.05, 3.63) is 41.5 Å². The summed E-state index contributed by atoms with van der Waals surface area (Å²) < 4.78 is 0. The van der Waals surface area contributed by atoms with Crippen molar-refractivity contribution in [1.29, 1.82) is 0 Å². The van der Waals surface area contributed by atoms with Crippen molar-refractivity contribution in [2.45, 2.75) is 13.8 Å². The SMILES string of the molecule is Cc1c[c-](C)c2ccccc12.[Li+]. The van der Waals surface area contributed by atoms with Crippen LogP contribution in [-0.4, -0.2) is 0 Å². The molecule has 0 N–H and O–H groups in total. The fraction of sp³-hybridized carbons (Fsp3) is 0.182. The minimum Gasteiger partial charge on any atom is -0.156 e. The molecule has 0 aromatic heterocycles. The van der Waals surface area contributed by atoms with Gasteiger partial charge in [-0.05, 0) is 0 Å². The van der Waals surface area contributed by atoms with Crippen molar-refractivity contribution in [2.75, 3.05) is 0 Å². The van der Waals surface area contributed by atoms with Crippen LogP contribution in [0.1, 0.15) is 11.1 Å². The third-order valence-corrected chi connectivity index (χ3v) is 2.21. The minimum atomic E-state index is 0. The Balaban J connectivity index is 0.000000720. The first kappa shape index (κ1) is 9.51. The van der Waals surface area contributed by atoms with Crippen LogP contribution in [-0.2, 0) is 0 Å². The molecule has 0 saturated heterocycles. The van der Waals surface area contributed by atoms with Crippen LogP contribution in [0.15, 0.2) is 30.3 Å². The van der Waals surface area contributed by atoms with Crippen LogP contribution in [0.4, 0.5) is 0 Å². The van der Waals surface area contributed by atoms with Gasteiger partial charge in [-0.1, -0.05) is 19.9 Å². The molecule has 0 nitrogen and oxygen atoms in total. The predicted molar refractivity (Wildman–Crippen MR) is 49.0 cm³/mol. The Morgan fingerprint density at radius 2 is 1.83 bits per heavy atom. The normalized spacial score (nSPS) is 9.83. The molecule has 0 spiro atoms. The van der Waals surface area contributed by atoms with Crippen molar-refractivity contribution < 1.29 is 18.9 Å². The molecule has 2 aromatic carbocycles. The van der Waals surface area contributed by atoms with Gasteiger partial charge in [0.15, 0.2) is 0 Å². The Morgan fingerprint density at radius 3 is 2.50 bits per heavy atom. The van der Waals surface area contributed by atoms with E-state index in [9.17, 15) is 0 Å². The van der Waals surface area contributed by atoms with Gasteiger partial charge in [0.1, 0.15) is 0 Å². The Labute approximate surface area is 85.1 Å². The third kappa shape index (κ3) is 1.33.